The second kappa shape index (κ2) is 11.0. The highest BCUT2D eigenvalue weighted by Crippen LogP contribution is 2.30. The molecule has 9 nitrogen and oxygen atoms in total. The van der Waals surface area contributed by atoms with E-state index in [-0.39, 0.29) is 22.7 Å². The Labute approximate surface area is 216 Å². The van der Waals surface area contributed by atoms with Gasteiger partial charge in [-0.3, -0.25) is 9.98 Å². The number of ether oxygens (including phenoxy) is 1. The lowest BCUT2D eigenvalue weighted by atomic mass is 10.1. The number of amides is 1. The number of aromatic nitrogens is 2. The third-order valence-electron chi connectivity index (χ3n) is 5.17. The second-order valence-electron chi connectivity index (χ2n) is 9.27. The summed E-state index contributed by atoms with van der Waals surface area (Å²) in [7, 11) is -1.14. The normalized spacial score (nSPS) is 12.6. The van der Waals surface area contributed by atoms with E-state index in [0.29, 0.717) is 16.7 Å². The number of nitrogens with two attached hydrogens (primary N) is 1. The van der Waals surface area contributed by atoms with E-state index in [1.807, 2.05) is 0 Å². The molecule has 0 aliphatic carbocycles. The minimum absolute atomic E-state index is 0.0319. The van der Waals surface area contributed by atoms with Gasteiger partial charge in [-0.25, -0.2) is 21.6 Å². The fraction of sp³-hybridized carbons (Fsp3) is 0.269. The molecule has 1 amide bonds. The van der Waals surface area contributed by atoms with Crippen molar-refractivity contribution in [3.05, 3.63) is 78.1 Å². The lowest BCUT2D eigenvalue weighted by Crippen LogP contribution is -2.33. The summed E-state index contributed by atoms with van der Waals surface area (Å²) in [6.07, 6.45) is 6.23. The number of halogens is 1. The molecule has 0 spiro atoms. The van der Waals surface area contributed by atoms with Crippen LogP contribution in [0.15, 0.2) is 71.1 Å². The van der Waals surface area contributed by atoms with E-state index in [4.69, 9.17) is 10.5 Å². The van der Waals surface area contributed by atoms with Gasteiger partial charge in [-0.1, -0.05) is 12.1 Å². The van der Waals surface area contributed by atoms with E-state index >= 15 is 0 Å². The summed E-state index contributed by atoms with van der Waals surface area (Å²) < 4.78 is 48.7. The van der Waals surface area contributed by atoms with Gasteiger partial charge < -0.3 is 15.4 Å². The zero-order chi connectivity index (χ0) is 27.4. The molecule has 0 fully saturated rings. The molecular formula is C26H30FN5O4S. The van der Waals surface area contributed by atoms with Gasteiger partial charge in [0, 0.05) is 61.8 Å². The smallest absolute Gasteiger partial charge is 0.410 e. The van der Waals surface area contributed by atoms with Gasteiger partial charge in [-0.2, -0.15) is 0 Å². The Balaban J connectivity index is 2.11. The summed E-state index contributed by atoms with van der Waals surface area (Å²) in [5.74, 6) is -0.594. The number of pyridine rings is 1. The van der Waals surface area contributed by atoms with Gasteiger partial charge in [0.1, 0.15) is 16.3 Å². The molecule has 0 unspecified atom stereocenters. The molecule has 3 aromatic rings. The molecule has 0 radical (unpaired) electrons. The molecule has 11 heteroatoms. The van der Waals surface area contributed by atoms with Crippen LogP contribution in [0.3, 0.4) is 0 Å². The molecule has 3 rings (SSSR count). The lowest BCUT2D eigenvalue weighted by Gasteiger charge is -2.24. The summed E-state index contributed by atoms with van der Waals surface area (Å²) in [6, 6.07) is 8.81. The number of hydrogen-bond donors (Lipinski definition) is 1. The fourth-order valence-electron chi connectivity index (χ4n) is 3.51. The number of allylic oxidation sites excluding steroid dienone is 1. The van der Waals surface area contributed by atoms with Gasteiger partial charge in [0.2, 0.25) is 0 Å². The Morgan fingerprint density at radius 1 is 1.24 bits per heavy atom. The largest absolute Gasteiger partial charge is 0.444 e. The summed E-state index contributed by atoms with van der Waals surface area (Å²) in [4.78, 5) is 21.6. The van der Waals surface area contributed by atoms with E-state index in [0.717, 1.165) is 3.97 Å². The highest BCUT2D eigenvalue weighted by molar-refractivity contribution is 7.90. The van der Waals surface area contributed by atoms with Crippen LogP contribution in [-0.2, 0) is 21.3 Å². The van der Waals surface area contributed by atoms with Crippen molar-refractivity contribution in [3.8, 4) is 11.3 Å². The maximum Gasteiger partial charge on any atom is 0.410 e. The van der Waals surface area contributed by atoms with Crippen LogP contribution < -0.4 is 5.73 Å². The summed E-state index contributed by atoms with van der Waals surface area (Å²) >= 11 is 0. The van der Waals surface area contributed by atoms with E-state index in [1.165, 1.54) is 73.3 Å². The molecule has 2 aromatic heterocycles. The van der Waals surface area contributed by atoms with Crippen LogP contribution in [0.4, 0.5) is 9.18 Å². The Morgan fingerprint density at radius 3 is 2.57 bits per heavy atom. The van der Waals surface area contributed by atoms with E-state index in [1.54, 1.807) is 33.9 Å². The monoisotopic (exact) mass is 527 g/mol. The number of carbonyl (C=O) groups excluding carboxylic acids is 1. The predicted octanol–water partition coefficient (Wildman–Crippen LogP) is 4.29. The highest BCUT2D eigenvalue weighted by Gasteiger charge is 2.26. The number of aliphatic imine (C=N–C) groups is 1. The third-order valence-corrected chi connectivity index (χ3v) is 6.81. The summed E-state index contributed by atoms with van der Waals surface area (Å²) in [5, 5.41) is 0. The molecule has 0 bridgehead atoms. The van der Waals surface area contributed by atoms with Crippen molar-refractivity contribution < 1.29 is 22.3 Å². The second-order valence-corrected chi connectivity index (χ2v) is 11.1. The maximum absolute atomic E-state index is 14.8. The molecule has 0 aliphatic heterocycles. The number of carbonyl (C=O) groups is 1. The van der Waals surface area contributed by atoms with Gasteiger partial charge in [0.05, 0.1) is 12.2 Å². The molecule has 1 aromatic carbocycles. The van der Waals surface area contributed by atoms with Crippen molar-refractivity contribution in [2.45, 2.75) is 37.8 Å². The Bertz CT molecular complexity index is 1460. The molecular weight excluding hydrogens is 497 g/mol. The molecule has 0 aliphatic rings. The van der Waals surface area contributed by atoms with Crippen molar-refractivity contribution in [1.82, 2.24) is 13.9 Å². The van der Waals surface area contributed by atoms with Gasteiger partial charge in [0.25, 0.3) is 10.0 Å². The first-order chi connectivity index (χ1) is 17.4. The van der Waals surface area contributed by atoms with E-state index < -0.39 is 27.5 Å². The Morgan fingerprint density at radius 2 is 1.95 bits per heavy atom. The van der Waals surface area contributed by atoms with Crippen LogP contribution >= 0.6 is 0 Å². The Hall–Kier alpha value is -3.99. The number of benzene rings is 1. The minimum atomic E-state index is -4.24. The highest BCUT2D eigenvalue weighted by atomic mass is 32.2. The zero-order valence-electron chi connectivity index (χ0n) is 21.3. The quantitative estimate of drug-likeness (QED) is 0.458. The van der Waals surface area contributed by atoms with E-state index in [2.05, 4.69) is 9.98 Å². The average molecular weight is 528 g/mol. The first-order valence-electron chi connectivity index (χ1n) is 11.3. The number of rotatable bonds is 7. The molecule has 37 heavy (non-hydrogen) atoms. The first-order valence-corrected chi connectivity index (χ1v) is 12.8. The standard InChI is InChI=1S/C26H30FN5O4S/c1-26(2,3)36-25(33)31(5)16-18-10-24(22-8-6-7-9-23(22)27)32(17-18)37(34,35)21-11-19(14-30-15-21)20(12-28)13-29-4/h6-15,17H,16,28H2,1-5H3. The van der Waals surface area contributed by atoms with Gasteiger partial charge in [-0.05, 0) is 50.6 Å². The van der Waals surface area contributed by atoms with Crippen LogP contribution in [-0.4, -0.2) is 54.3 Å². The molecule has 0 saturated carbocycles. The molecule has 0 atom stereocenters. The predicted molar refractivity (Wildman–Crippen MR) is 141 cm³/mol. The van der Waals surface area contributed by atoms with Crippen molar-refractivity contribution in [3.63, 3.8) is 0 Å². The maximum atomic E-state index is 14.8. The van der Waals surface area contributed by atoms with Crippen molar-refractivity contribution in [1.29, 1.82) is 0 Å². The number of nitrogens with zero attached hydrogens (tertiary/aromatic N) is 4. The molecule has 2 N–H and O–H groups in total. The van der Waals surface area contributed by atoms with Crippen LogP contribution in [0, 0.1) is 5.82 Å². The van der Waals surface area contributed by atoms with Crippen LogP contribution in [0.2, 0.25) is 0 Å². The minimum Gasteiger partial charge on any atom is -0.444 e. The molecule has 0 saturated heterocycles. The topological polar surface area (TPSA) is 120 Å². The van der Waals surface area contributed by atoms with Crippen molar-refractivity contribution >= 4 is 27.9 Å². The first kappa shape index (κ1) is 27.6. The van der Waals surface area contributed by atoms with Gasteiger partial charge >= 0.3 is 6.09 Å². The van der Waals surface area contributed by atoms with Crippen LogP contribution in [0.5, 0.6) is 0 Å². The lowest BCUT2D eigenvalue weighted by molar-refractivity contribution is 0.0285. The molecule has 2 heterocycles. The number of hydrogen-bond acceptors (Lipinski definition) is 7. The van der Waals surface area contributed by atoms with Gasteiger partial charge in [0.15, 0.2) is 0 Å². The van der Waals surface area contributed by atoms with Gasteiger partial charge in [-0.15, -0.1) is 0 Å². The SMILES string of the molecule is CN=CC(=CN)c1cncc(S(=O)(=O)n2cc(CN(C)C(=O)OC(C)(C)C)cc2-c2ccccc2F)c1. The van der Waals surface area contributed by atoms with E-state index in [9.17, 15) is 17.6 Å². The van der Waals surface area contributed by atoms with Crippen molar-refractivity contribution in [2.24, 2.45) is 10.7 Å². The van der Waals surface area contributed by atoms with Crippen molar-refractivity contribution in [2.75, 3.05) is 14.1 Å². The van der Waals surface area contributed by atoms with Crippen LogP contribution in [0.25, 0.3) is 16.8 Å². The third kappa shape index (κ3) is 6.42. The molecule has 196 valence electrons. The zero-order valence-corrected chi connectivity index (χ0v) is 22.2. The summed E-state index contributed by atoms with van der Waals surface area (Å²) in [5.41, 5.74) is 6.54. The average Bonchev–Trinajstić information content (AvgIpc) is 3.26. The summed E-state index contributed by atoms with van der Waals surface area (Å²) in [6.45, 7) is 5.28. The van der Waals surface area contributed by atoms with Crippen LogP contribution in [0.1, 0.15) is 31.9 Å². The Kier molecular flexibility index (Phi) is 8.17. The fourth-order valence-corrected chi connectivity index (χ4v) is 4.89.